The molecule has 0 aromatic carbocycles. The zero-order chi connectivity index (χ0) is 27.2. The smallest absolute Gasteiger partial charge is 0.123 e. The Kier molecular flexibility index (Phi) is 11.9. The van der Waals surface area contributed by atoms with E-state index >= 15 is 0 Å². The maximum absolute atomic E-state index is 4.15. The summed E-state index contributed by atoms with van der Waals surface area (Å²) >= 11 is 0. The number of nitrogens with zero attached hydrogens (tertiary/aromatic N) is 9. The molecular weight excluding hydrogens is 438 g/mol. The van der Waals surface area contributed by atoms with Crippen molar-refractivity contribution in [3.63, 3.8) is 0 Å². The molecule has 0 amide bonds. The van der Waals surface area contributed by atoms with E-state index in [2.05, 4.69) is 123 Å². The van der Waals surface area contributed by atoms with E-state index < -0.39 is 0 Å². The molecule has 1 saturated heterocycles. The molecule has 0 saturated carbocycles. The van der Waals surface area contributed by atoms with Gasteiger partial charge < -0.3 is 19.7 Å². The molecule has 4 heterocycles. The number of amidine groups is 1. The van der Waals surface area contributed by atoms with E-state index in [4.69, 9.17) is 0 Å². The van der Waals surface area contributed by atoms with Crippen LogP contribution in [0, 0.1) is 0 Å². The molecule has 2 atom stereocenters. The lowest BCUT2D eigenvalue weighted by Crippen LogP contribution is -2.29. The molecule has 0 aliphatic carbocycles. The van der Waals surface area contributed by atoms with Gasteiger partial charge in [0.2, 0.25) is 0 Å². The van der Waals surface area contributed by atoms with Gasteiger partial charge in [-0.05, 0) is 68.1 Å². The molecule has 4 aliphatic heterocycles. The van der Waals surface area contributed by atoms with E-state index in [1.54, 1.807) is 0 Å². The summed E-state index contributed by atoms with van der Waals surface area (Å²) in [6, 6.07) is 1.44. The maximum Gasteiger partial charge on any atom is 0.123 e. The van der Waals surface area contributed by atoms with Gasteiger partial charge in [-0.25, -0.2) is 5.01 Å². The Hall–Kier alpha value is -1.97. The van der Waals surface area contributed by atoms with Crippen LogP contribution in [0.4, 0.5) is 0 Å². The third-order valence-corrected chi connectivity index (χ3v) is 7.99. The van der Waals surface area contributed by atoms with Crippen LogP contribution in [0.15, 0.2) is 27.8 Å². The minimum absolute atomic E-state index is 0.718. The fraction of sp³-hybridized carbons (Fsp3) is 0.808. The second-order valence-corrected chi connectivity index (χ2v) is 10.7. The highest BCUT2D eigenvalue weighted by Crippen LogP contribution is 2.19. The SMILES string of the molecule is CC1=C(C)N(C)CN1C.CC1=C(C)N(C)N(C)C1.CC1=NN(C)CN1C.CC1C(C)N(C)CN1C. The number of likely N-dealkylation sites (N-methyl/N-ethyl adjacent to an activating group) is 3. The molecule has 35 heavy (non-hydrogen) atoms. The summed E-state index contributed by atoms with van der Waals surface area (Å²) in [5.74, 6) is 1.09. The van der Waals surface area contributed by atoms with Gasteiger partial charge in [0, 0.05) is 78.0 Å². The Morgan fingerprint density at radius 3 is 1.17 bits per heavy atom. The van der Waals surface area contributed by atoms with Crippen LogP contribution < -0.4 is 0 Å². The van der Waals surface area contributed by atoms with Crippen LogP contribution in [0.2, 0.25) is 0 Å². The summed E-state index contributed by atoms with van der Waals surface area (Å²) in [7, 11) is 16.8. The van der Waals surface area contributed by atoms with Gasteiger partial charge in [0.1, 0.15) is 12.5 Å². The zero-order valence-corrected chi connectivity index (χ0v) is 25.5. The summed E-state index contributed by atoms with van der Waals surface area (Å²) in [5, 5.41) is 10.4. The molecule has 204 valence electrons. The number of rotatable bonds is 0. The lowest BCUT2D eigenvalue weighted by Gasteiger charge is -2.22. The minimum atomic E-state index is 0.718. The summed E-state index contributed by atoms with van der Waals surface area (Å²) < 4.78 is 0. The largest absolute Gasteiger partial charge is 0.359 e. The molecule has 9 nitrogen and oxygen atoms in total. The first kappa shape index (κ1) is 31.1. The van der Waals surface area contributed by atoms with Crippen molar-refractivity contribution in [2.24, 2.45) is 5.10 Å². The fourth-order valence-corrected chi connectivity index (χ4v) is 4.29. The summed E-state index contributed by atoms with van der Waals surface area (Å²) in [6.45, 7) is 19.3. The second kappa shape index (κ2) is 13.4. The first-order valence-corrected chi connectivity index (χ1v) is 12.7. The minimum Gasteiger partial charge on any atom is -0.359 e. The average Bonchev–Trinajstić information content (AvgIpc) is 3.37. The predicted molar refractivity (Wildman–Crippen MR) is 150 cm³/mol. The molecule has 4 rings (SSSR count). The van der Waals surface area contributed by atoms with Crippen LogP contribution in [0.25, 0.3) is 0 Å². The van der Waals surface area contributed by atoms with Gasteiger partial charge >= 0.3 is 0 Å². The van der Waals surface area contributed by atoms with Crippen LogP contribution in [-0.2, 0) is 0 Å². The number of allylic oxidation sites excluding steroid dienone is 3. The molecule has 0 aromatic rings. The molecule has 0 aromatic heterocycles. The van der Waals surface area contributed by atoms with Crippen LogP contribution >= 0.6 is 0 Å². The van der Waals surface area contributed by atoms with Crippen molar-refractivity contribution >= 4 is 5.84 Å². The van der Waals surface area contributed by atoms with Gasteiger partial charge in [-0.1, -0.05) is 0 Å². The fourth-order valence-electron chi connectivity index (χ4n) is 4.29. The Morgan fingerprint density at radius 2 is 1.06 bits per heavy atom. The van der Waals surface area contributed by atoms with Crippen molar-refractivity contribution < 1.29 is 0 Å². The topological polar surface area (TPSA) is 38.3 Å². The van der Waals surface area contributed by atoms with Crippen molar-refractivity contribution in [3.05, 3.63) is 22.7 Å². The Balaban J connectivity index is 0.000000234. The van der Waals surface area contributed by atoms with Gasteiger partial charge in [0.25, 0.3) is 0 Å². The molecule has 0 radical (unpaired) electrons. The van der Waals surface area contributed by atoms with Crippen LogP contribution in [0.3, 0.4) is 0 Å². The maximum atomic E-state index is 4.15. The lowest BCUT2D eigenvalue weighted by atomic mass is 10.2. The van der Waals surface area contributed by atoms with Crippen molar-refractivity contribution in [2.75, 3.05) is 82.9 Å². The van der Waals surface area contributed by atoms with Gasteiger partial charge in [-0.15, -0.1) is 0 Å². The zero-order valence-electron chi connectivity index (χ0n) is 25.5. The first-order chi connectivity index (χ1) is 16.1. The molecule has 0 N–H and O–H groups in total. The lowest BCUT2D eigenvalue weighted by molar-refractivity contribution is 0.102. The van der Waals surface area contributed by atoms with Crippen LogP contribution in [0.1, 0.15) is 48.5 Å². The summed E-state index contributed by atoms with van der Waals surface area (Å²) in [4.78, 5) is 11.3. The number of hydrazine groups is 1. The standard InChI is InChI=1S/C7H16N2.2C7H14N2.C5H11N3/c2*1-6-7(2)9(4)5-8(6)3;1-6-5-8(3)9(4)7(6)2;1-5-6-8(3)4-7(5)2/h6-7H,5H2,1-4H3;2*5H2,1-4H3;4H2,1-3H3. The molecule has 0 spiro atoms. The number of hydrazone groups is 1. The van der Waals surface area contributed by atoms with Gasteiger partial charge in [0.05, 0.1) is 13.3 Å². The number of hydrogen-bond acceptors (Lipinski definition) is 9. The number of hydrogen-bond donors (Lipinski definition) is 0. The molecule has 4 aliphatic rings. The quantitative estimate of drug-likeness (QED) is 0.510. The van der Waals surface area contributed by atoms with E-state index in [0.717, 1.165) is 44.5 Å². The molecule has 9 heteroatoms. The summed E-state index contributed by atoms with van der Waals surface area (Å²) in [5.41, 5.74) is 5.63. The molecule has 0 bridgehead atoms. The second-order valence-electron chi connectivity index (χ2n) is 10.7. The third kappa shape index (κ3) is 8.58. The van der Waals surface area contributed by atoms with E-state index in [1.807, 2.05) is 26.0 Å². The third-order valence-electron chi connectivity index (χ3n) is 7.99. The monoisotopic (exact) mass is 493 g/mol. The molecule has 2 unspecified atom stereocenters. The highest BCUT2D eigenvalue weighted by molar-refractivity contribution is 5.80. The predicted octanol–water partition coefficient (Wildman–Crippen LogP) is 2.90. The van der Waals surface area contributed by atoms with Crippen molar-refractivity contribution in [3.8, 4) is 0 Å². The highest BCUT2D eigenvalue weighted by atomic mass is 15.6. The normalized spacial score (nSPS) is 25.6. The van der Waals surface area contributed by atoms with Crippen molar-refractivity contribution in [1.29, 1.82) is 0 Å². The van der Waals surface area contributed by atoms with Gasteiger partial charge in [0.15, 0.2) is 0 Å². The van der Waals surface area contributed by atoms with Gasteiger partial charge in [-0.2, -0.15) is 5.10 Å². The molecule has 1 fully saturated rings. The Morgan fingerprint density at radius 1 is 0.600 bits per heavy atom. The molecular formula is C26H55N9. The Labute approximate surface area is 216 Å². The van der Waals surface area contributed by atoms with Gasteiger partial charge in [-0.3, -0.25) is 14.8 Å². The average molecular weight is 494 g/mol. The highest BCUT2D eigenvalue weighted by Gasteiger charge is 2.28. The van der Waals surface area contributed by atoms with E-state index in [0.29, 0.717) is 0 Å². The summed E-state index contributed by atoms with van der Waals surface area (Å²) in [6.07, 6.45) is 0. The Bertz CT molecular complexity index is 747. The van der Waals surface area contributed by atoms with E-state index in [9.17, 15) is 0 Å². The van der Waals surface area contributed by atoms with E-state index in [1.165, 1.54) is 22.7 Å². The van der Waals surface area contributed by atoms with Crippen molar-refractivity contribution in [2.45, 2.75) is 60.5 Å². The van der Waals surface area contributed by atoms with Crippen LogP contribution in [0.5, 0.6) is 0 Å². The first-order valence-electron chi connectivity index (χ1n) is 12.7. The van der Waals surface area contributed by atoms with E-state index in [-0.39, 0.29) is 0 Å². The van der Waals surface area contributed by atoms with Crippen LogP contribution in [-0.4, -0.2) is 140 Å². The van der Waals surface area contributed by atoms with Crippen molar-refractivity contribution in [1.82, 2.24) is 39.5 Å².